The van der Waals surface area contributed by atoms with Gasteiger partial charge in [0.25, 0.3) is 0 Å². The molecule has 110 valence electrons. The topological polar surface area (TPSA) is 66.5 Å². The number of benzene rings is 1. The number of hydrogen-bond acceptors (Lipinski definition) is 3. The number of anilines is 1. The van der Waals surface area contributed by atoms with Crippen LogP contribution < -0.4 is 9.62 Å². The van der Waals surface area contributed by atoms with E-state index in [1.807, 2.05) is 19.9 Å². The second-order valence-corrected chi connectivity index (χ2v) is 7.29. The Bertz CT molecular complexity index is 621. The van der Waals surface area contributed by atoms with Crippen LogP contribution in [0.3, 0.4) is 0 Å². The summed E-state index contributed by atoms with van der Waals surface area (Å²) >= 11 is 0. The Kier molecular flexibility index (Phi) is 4.04. The largest absolute Gasteiger partial charge is 0.352 e. The van der Waals surface area contributed by atoms with Crippen LogP contribution in [0.2, 0.25) is 0 Å². The van der Waals surface area contributed by atoms with E-state index in [9.17, 15) is 13.2 Å². The third-order valence-electron chi connectivity index (χ3n) is 3.41. The number of nitrogens with one attached hydrogen (secondary N) is 1. The number of amides is 1. The van der Waals surface area contributed by atoms with Crippen LogP contribution in [-0.4, -0.2) is 33.2 Å². The molecule has 1 aliphatic carbocycles. The van der Waals surface area contributed by atoms with Gasteiger partial charge in [0.1, 0.15) is 6.54 Å². The minimum Gasteiger partial charge on any atom is -0.352 e. The zero-order chi connectivity index (χ0) is 14.9. The summed E-state index contributed by atoms with van der Waals surface area (Å²) < 4.78 is 25.0. The highest BCUT2D eigenvalue weighted by atomic mass is 32.2. The van der Waals surface area contributed by atoms with Gasteiger partial charge >= 0.3 is 0 Å². The molecule has 0 aliphatic heterocycles. The minimum absolute atomic E-state index is 0.169. The zero-order valence-electron chi connectivity index (χ0n) is 12.0. The van der Waals surface area contributed by atoms with Crippen LogP contribution in [0.1, 0.15) is 24.0 Å². The fourth-order valence-corrected chi connectivity index (χ4v) is 2.76. The quantitative estimate of drug-likeness (QED) is 0.892. The molecule has 2 rings (SSSR count). The van der Waals surface area contributed by atoms with Crippen LogP contribution >= 0.6 is 0 Å². The fraction of sp³-hybridized carbons (Fsp3) is 0.500. The Morgan fingerprint density at radius 2 is 1.95 bits per heavy atom. The molecule has 1 N–H and O–H groups in total. The van der Waals surface area contributed by atoms with Gasteiger partial charge < -0.3 is 5.32 Å². The van der Waals surface area contributed by atoms with Gasteiger partial charge in [0.15, 0.2) is 0 Å². The van der Waals surface area contributed by atoms with Crippen LogP contribution in [0.5, 0.6) is 0 Å². The minimum atomic E-state index is -3.49. The molecule has 0 bridgehead atoms. The third kappa shape index (κ3) is 3.72. The van der Waals surface area contributed by atoms with Gasteiger partial charge in [-0.15, -0.1) is 0 Å². The molecular formula is C14H20N2O3S. The van der Waals surface area contributed by atoms with E-state index >= 15 is 0 Å². The van der Waals surface area contributed by atoms with Gasteiger partial charge in [0, 0.05) is 6.04 Å². The SMILES string of the molecule is Cc1ccc(N(CC(=O)NC2CC2)S(C)(=O)=O)cc1C. The monoisotopic (exact) mass is 296 g/mol. The number of carbonyl (C=O) groups is 1. The molecular weight excluding hydrogens is 276 g/mol. The summed E-state index contributed by atoms with van der Waals surface area (Å²) in [5.41, 5.74) is 2.62. The molecule has 1 fully saturated rings. The maximum Gasteiger partial charge on any atom is 0.240 e. The van der Waals surface area contributed by atoms with Crippen LogP contribution in [0.25, 0.3) is 0 Å². The molecule has 0 saturated heterocycles. The number of carbonyl (C=O) groups excluding carboxylic acids is 1. The summed E-state index contributed by atoms with van der Waals surface area (Å²) in [6.07, 6.45) is 3.08. The Morgan fingerprint density at radius 3 is 2.45 bits per heavy atom. The summed E-state index contributed by atoms with van der Waals surface area (Å²) in [7, 11) is -3.49. The van der Waals surface area contributed by atoms with E-state index in [1.54, 1.807) is 12.1 Å². The molecule has 0 heterocycles. The van der Waals surface area contributed by atoms with E-state index in [-0.39, 0.29) is 18.5 Å². The third-order valence-corrected chi connectivity index (χ3v) is 4.55. The summed E-state index contributed by atoms with van der Waals surface area (Å²) in [6, 6.07) is 5.61. The van der Waals surface area contributed by atoms with E-state index < -0.39 is 10.0 Å². The highest BCUT2D eigenvalue weighted by Crippen LogP contribution is 2.22. The van der Waals surface area contributed by atoms with Crippen LogP contribution in [0.4, 0.5) is 5.69 Å². The molecule has 1 saturated carbocycles. The lowest BCUT2D eigenvalue weighted by molar-refractivity contribution is -0.119. The van der Waals surface area contributed by atoms with E-state index in [2.05, 4.69) is 5.32 Å². The van der Waals surface area contributed by atoms with Gasteiger partial charge in [-0.25, -0.2) is 8.42 Å². The molecule has 1 amide bonds. The van der Waals surface area contributed by atoms with Crippen molar-refractivity contribution in [1.29, 1.82) is 0 Å². The molecule has 0 unspecified atom stereocenters. The van der Waals surface area contributed by atoms with Gasteiger partial charge in [0.05, 0.1) is 11.9 Å². The highest BCUT2D eigenvalue weighted by Gasteiger charge is 2.26. The summed E-state index contributed by atoms with van der Waals surface area (Å²) in [5, 5.41) is 2.81. The van der Waals surface area contributed by atoms with Crippen LogP contribution in [0, 0.1) is 13.8 Å². The molecule has 1 aromatic rings. The van der Waals surface area contributed by atoms with Gasteiger partial charge in [-0.3, -0.25) is 9.10 Å². The first kappa shape index (κ1) is 14.8. The Hall–Kier alpha value is -1.56. The second kappa shape index (κ2) is 5.44. The van der Waals surface area contributed by atoms with Crippen molar-refractivity contribution in [2.24, 2.45) is 0 Å². The molecule has 1 aromatic carbocycles. The van der Waals surface area contributed by atoms with Crippen LogP contribution in [-0.2, 0) is 14.8 Å². The second-order valence-electron chi connectivity index (χ2n) is 5.38. The highest BCUT2D eigenvalue weighted by molar-refractivity contribution is 7.92. The molecule has 20 heavy (non-hydrogen) atoms. The van der Waals surface area contributed by atoms with Crippen molar-refractivity contribution in [3.05, 3.63) is 29.3 Å². The summed E-state index contributed by atoms with van der Waals surface area (Å²) in [5.74, 6) is -0.254. The fourth-order valence-electron chi connectivity index (χ4n) is 1.91. The Balaban J connectivity index is 2.22. The number of aryl methyl sites for hydroxylation is 2. The van der Waals surface area contributed by atoms with E-state index in [0.717, 1.165) is 34.5 Å². The van der Waals surface area contributed by atoms with E-state index in [1.165, 1.54) is 0 Å². The van der Waals surface area contributed by atoms with Gasteiger partial charge in [-0.05, 0) is 49.9 Å². The molecule has 1 aliphatic rings. The lowest BCUT2D eigenvalue weighted by Gasteiger charge is -2.22. The normalized spacial score (nSPS) is 14.9. The zero-order valence-corrected chi connectivity index (χ0v) is 12.8. The van der Waals surface area contributed by atoms with E-state index in [0.29, 0.717) is 5.69 Å². The predicted molar refractivity (Wildman–Crippen MR) is 79.3 cm³/mol. The smallest absolute Gasteiger partial charge is 0.240 e. The molecule has 0 radical (unpaired) electrons. The molecule has 5 nitrogen and oxygen atoms in total. The number of sulfonamides is 1. The van der Waals surface area contributed by atoms with Crippen molar-refractivity contribution < 1.29 is 13.2 Å². The standard InChI is InChI=1S/C14H20N2O3S/c1-10-4-7-13(8-11(10)2)16(20(3,18)19)9-14(17)15-12-5-6-12/h4,7-8,12H,5-6,9H2,1-3H3,(H,15,17). The maximum atomic E-state index is 11.9. The summed E-state index contributed by atoms with van der Waals surface area (Å²) in [6.45, 7) is 3.71. The number of rotatable bonds is 5. The average Bonchev–Trinajstić information content (AvgIpc) is 3.12. The molecule has 0 aromatic heterocycles. The molecule has 0 atom stereocenters. The van der Waals surface area contributed by atoms with Crippen molar-refractivity contribution >= 4 is 21.6 Å². The van der Waals surface area contributed by atoms with Crippen molar-refractivity contribution in [3.63, 3.8) is 0 Å². The lowest BCUT2D eigenvalue weighted by atomic mass is 10.1. The number of nitrogens with zero attached hydrogens (tertiary/aromatic N) is 1. The molecule has 6 heteroatoms. The van der Waals surface area contributed by atoms with Crippen LogP contribution in [0.15, 0.2) is 18.2 Å². The van der Waals surface area contributed by atoms with Gasteiger partial charge in [0.2, 0.25) is 15.9 Å². The van der Waals surface area contributed by atoms with Crippen molar-refractivity contribution in [3.8, 4) is 0 Å². The van der Waals surface area contributed by atoms with Crippen molar-refractivity contribution in [1.82, 2.24) is 5.32 Å². The van der Waals surface area contributed by atoms with Crippen molar-refractivity contribution in [2.45, 2.75) is 32.7 Å². The predicted octanol–water partition coefficient (Wildman–Crippen LogP) is 1.35. The first-order valence-corrected chi connectivity index (χ1v) is 8.46. The maximum absolute atomic E-state index is 11.9. The molecule has 0 spiro atoms. The average molecular weight is 296 g/mol. The summed E-state index contributed by atoms with van der Waals surface area (Å²) in [4.78, 5) is 11.9. The van der Waals surface area contributed by atoms with E-state index in [4.69, 9.17) is 0 Å². The van der Waals surface area contributed by atoms with Gasteiger partial charge in [-0.2, -0.15) is 0 Å². The Morgan fingerprint density at radius 1 is 1.30 bits per heavy atom. The first-order chi connectivity index (χ1) is 9.27. The van der Waals surface area contributed by atoms with Crippen molar-refractivity contribution in [2.75, 3.05) is 17.1 Å². The first-order valence-electron chi connectivity index (χ1n) is 6.61. The van der Waals surface area contributed by atoms with Gasteiger partial charge in [-0.1, -0.05) is 6.07 Å². The Labute approximate surface area is 120 Å². The lowest BCUT2D eigenvalue weighted by Crippen LogP contribution is -2.41. The number of hydrogen-bond donors (Lipinski definition) is 1.